The van der Waals surface area contributed by atoms with Crippen molar-refractivity contribution in [3.63, 3.8) is 0 Å². The third kappa shape index (κ3) is 5.43. The fourth-order valence-corrected chi connectivity index (χ4v) is 5.70. The van der Waals surface area contributed by atoms with Crippen molar-refractivity contribution in [2.45, 2.75) is 25.7 Å². The Bertz CT molecular complexity index is 1450. The first kappa shape index (κ1) is 26.3. The first-order valence-electron chi connectivity index (χ1n) is 12.4. The van der Waals surface area contributed by atoms with Crippen LogP contribution < -0.4 is 10.5 Å². The molecule has 0 spiro atoms. The summed E-state index contributed by atoms with van der Waals surface area (Å²) in [5.74, 6) is 0.386. The van der Waals surface area contributed by atoms with Crippen LogP contribution in [0.1, 0.15) is 34.6 Å². The van der Waals surface area contributed by atoms with E-state index in [9.17, 15) is 13.2 Å². The summed E-state index contributed by atoms with van der Waals surface area (Å²) in [5.41, 5.74) is 8.67. The second-order valence-electron chi connectivity index (χ2n) is 9.67. The van der Waals surface area contributed by atoms with Crippen LogP contribution in [-0.4, -0.2) is 52.6 Å². The van der Waals surface area contributed by atoms with E-state index in [0.29, 0.717) is 10.6 Å². The number of alkyl halides is 3. The molecule has 0 bridgehead atoms. The standard InChI is InChI=1S/C28H30F3N5OS/c1-18(32)27-25(37-19(2)21-6-4-5-7-22(21)28(29,30)31)15-26(38-27)36-17-33-23-9-8-20(14-24(23)36)16-35-12-10-34(3)11-13-35/h4-9,14-15,17,19H,1,10-13,16,32H2,2-3H3. The Morgan fingerprint density at radius 1 is 1.13 bits per heavy atom. The van der Waals surface area contributed by atoms with Gasteiger partial charge in [0.15, 0.2) is 0 Å². The quantitative estimate of drug-likeness (QED) is 0.315. The van der Waals surface area contributed by atoms with Crippen molar-refractivity contribution in [1.82, 2.24) is 19.4 Å². The number of thiophene rings is 1. The van der Waals surface area contributed by atoms with E-state index >= 15 is 0 Å². The summed E-state index contributed by atoms with van der Waals surface area (Å²) in [5, 5.41) is 0.789. The van der Waals surface area contributed by atoms with Gasteiger partial charge >= 0.3 is 6.18 Å². The first-order valence-corrected chi connectivity index (χ1v) is 13.2. The average molecular weight is 542 g/mol. The Hall–Kier alpha value is -3.34. The van der Waals surface area contributed by atoms with E-state index in [4.69, 9.17) is 10.5 Å². The van der Waals surface area contributed by atoms with Crippen molar-refractivity contribution in [2.75, 3.05) is 33.2 Å². The van der Waals surface area contributed by atoms with Gasteiger partial charge < -0.3 is 15.4 Å². The van der Waals surface area contributed by atoms with Crippen molar-refractivity contribution in [1.29, 1.82) is 0 Å². The van der Waals surface area contributed by atoms with Gasteiger partial charge in [0, 0.05) is 50.1 Å². The number of halogens is 3. The second-order valence-corrected chi connectivity index (χ2v) is 10.7. The largest absolute Gasteiger partial charge is 0.484 e. The number of nitrogens with two attached hydrogens (primary N) is 1. The summed E-state index contributed by atoms with van der Waals surface area (Å²) in [6.07, 6.45) is -3.60. The molecule has 1 atom stereocenters. The average Bonchev–Trinajstić information content (AvgIpc) is 3.49. The van der Waals surface area contributed by atoms with Crippen LogP contribution in [0.25, 0.3) is 21.7 Å². The maximum atomic E-state index is 13.6. The van der Waals surface area contributed by atoms with E-state index < -0.39 is 17.8 Å². The molecule has 200 valence electrons. The van der Waals surface area contributed by atoms with Crippen molar-refractivity contribution in [2.24, 2.45) is 5.73 Å². The van der Waals surface area contributed by atoms with Gasteiger partial charge in [-0.05, 0) is 37.7 Å². The minimum absolute atomic E-state index is 0.0583. The van der Waals surface area contributed by atoms with Gasteiger partial charge in [0.1, 0.15) is 23.2 Å². The number of nitrogens with zero attached hydrogens (tertiary/aromatic N) is 4. The summed E-state index contributed by atoms with van der Waals surface area (Å²) in [6, 6.07) is 13.5. The van der Waals surface area contributed by atoms with Crippen molar-refractivity contribution in [3.8, 4) is 10.8 Å². The number of likely N-dealkylation sites (N-methyl/N-ethyl adjacent to an activating group) is 1. The fraction of sp³-hybridized carbons (Fsp3) is 0.321. The molecule has 1 aliphatic rings. The van der Waals surface area contributed by atoms with Crippen molar-refractivity contribution in [3.05, 3.63) is 83.0 Å². The lowest BCUT2D eigenvalue weighted by Crippen LogP contribution is -2.43. The molecule has 3 heterocycles. The third-order valence-electron chi connectivity index (χ3n) is 6.84. The van der Waals surface area contributed by atoms with E-state index in [1.54, 1.807) is 25.4 Å². The number of ether oxygens (including phenoxy) is 1. The lowest BCUT2D eigenvalue weighted by molar-refractivity contribution is -0.138. The number of piperazine rings is 1. The van der Waals surface area contributed by atoms with Crippen LogP contribution >= 0.6 is 11.3 Å². The molecule has 0 radical (unpaired) electrons. The van der Waals surface area contributed by atoms with Gasteiger partial charge in [0.05, 0.1) is 21.5 Å². The number of fused-ring (bicyclic) bond motifs is 1. The van der Waals surface area contributed by atoms with Crippen molar-refractivity contribution >= 4 is 28.1 Å². The van der Waals surface area contributed by atoms with Crippen LogP contribution in [0.3, 0.4) is 0 Å². The maximum absolute atomic E-state index is 13.6. The van der Waals surface area contributed by atoms with Crippen LogP contribution in [0.5, 0.6) is 5.75 Å². The molecule has 0 amide bonds. The molecule has 5 rings (SSSR count). The molecule has 1 fully saturated rings. The molecule has 0 aliphatic carbocycles. The zero-order valence-electron chi connectivity index (χ0n) is 21.3. The zero-order chi connectivity index (χ0) is 27.0. The van der Waals surface area contributed by atoms with E-state index in [-0.39, 0.29) is 11.3 Å². The molecule has 1 unspecified atom stereocenters. The highest BCUT2D eigenvalue weighted by Crippen LogP contribution is 2.40. The fourth-order valence-electron chi connectivity index (χ4n) is 4.75. The van der Waals surface area contributed by atoms with Gasteiger partial charge in [-0.3, -0.25) is 9.47 Å². The Morgan fingerprint density at radius 3 is 2.58 bits per heavy atom. The normalized spacial score (nSPS) is 16.1. The van der Waals surface area contributed by atoms with Gasteiger partial charge in [0.25, 0.3) is 0 Å². The Morgan fingerprint density at radius 2 is 1.87 bits per heavy atom. The van der Waals surface area contributed by atoms with E-state index in [1.807, 2.05) is 10.6 Å². The van der Waals surface area contributed by atoms with Crippen LogP contribution in [0.4, 0.5) is 13.2 Å². The number of benzene rings is 2. The molecular formula is C28H30F3N5OS. The maximum Gasteiger partial charge on any atom is 0.416 e. The number of imidazole rings is 1. The molecule has 2 N–H and O–H groups in total. The van der Waals surface area contributed by atoms with E-state index in [2.05, 4.69) is 40.5 Å². The lowest BCUT2D eigenvalue weighted by atomic mass is 10.0. The van der Waals surface area contributed by atoms with Gasteiger partial charge in [0.2, 0.25) is 0 Å². The van der Waals surface area contributed by atoms with Gasteiger partial charge in [-0.2, -0.15) is 13.2 Å². The summed E-state index contributed by atoms with van der Waals surface area (Å²) in [7, 11) is 2.14. The molecule has 0 saturated carbocycles. The molecule has 2 aromatic carbocycles. The van der Waals surface area contributed by atoms with Gasteiger partial charge in [-0.25, -0.2) is 4.98 Å². The Labute approximate surface area is 223 Å². The van der Waals surface area contributed by atoms with E-state index in [0.717, 1.165) is 54.8 Å². The summed E-state index contributed by atoms with van der Waals surface area (Å²) < 4.78 is 48.8. The zero-order valence-corrected chi connectivity index (χ0v) is 22.1. The van der Waals surface area contributed by atoms with Crippen LogP contribution in [0, 0.1) is 0 Å². The SMILES string of the molecule is C=C(N)c1sc(-n2cnc3ccc(CN4CCN(C)CC4)cc32)cc1OC(C)c1ccccc1C(F)(F)F. The predicted octanol–water partition coefficient (Wildman–Crippen LogP) is 5.92. The highest BCUT2D eigenvalue weighted by Gasteiger charge is 2.35. The second kappa shape index (κ2) is 10.4. The van der Waals surface area contributed by atoms with Crippen LogP contribution in [0.15, 0.2) is 61.4 Å². The smallest absolute Gasteiger partial charge is 0.416 e. The molecule has 1 aliphatic heterocycles. The van der Waals surface area contributed by atoms with Crippen LogP contribution in [-0.2, 0) is 12.7 Å². The highest BCUT2D eigenvalue weighted by molar-refractivity contribution is 7.16. The minimum atomic E-state index is -4.48. The molecule has 4 aromatic rings. The summed E-state index contributed by atoms with van der Waals surface area (Å²) in [6.45, 7) is 10.5. The molecular weight excluding hydrogens is 511 g/mol. The molecule has 1 saturated heterocycles. The topological polar surface area (TPSA) is 59.6 Å². The molecule has 38 heavy (non-hydrogen) atoms. The first-order chi connectivity index (χ1) is 18.1. The molecule has 2 aromatic heterocycles. The monoisotopic (exact) mass is 541 g/mol. The third-order valence-corrected chi connectivity index (χ3v) is 8.03. The number of hydrogen-bond donors (Lipinski definition) is 1. The Balaban J connectivity index is 1.44. The van der Waals surface area contributed by atoms with Crippen LogP contribution in [0.2, 0.25) is 0 Å². The predicted molar refractivity (Wildman–Crippen MR) is 145 cm³/mol. The minimum Gasteiger partial charge on any atom is -0.484 e. The van der Waals surface area contributed by atoms with E-state index in [1.165, 1.54) is 29.0 Å². The lowest BCUT2D eigenvalue weighted by Gasteiger charge is -2.32. The van der Waals surface area contributed by atoms with Gasteiger partial charge in [-0.15, -0.1) is 11.3 Å². The summed E-state index contributed by atoms with van der Waals surface area (Å²) in [4.78, 5) is 9.90. The highest BCUT2D eigenvalue weighted by atomic mass is 32.1. The number of rotatable bonds is 7. The number of aromatic nitrogens is 2. The Kier molecular flexibility index (Phi) is 7.21. The number of hydrogen-bond acceptors (Lipinski definition) is 6. The summed E-state index contributed by atoms with van der Waals surface area (Å²) >= 11 is 1.36. The van der Waals surface area contributed by atoms with Gasteiger partial charge in [-0.1, -0.05) is 30.8 Å². The molecule has 6 nitrogen and oxygen atoms in total. The molecule has 10 heteroatoms. The van der Waals surface area contributed by atoms with Crippen molar-refractivity contribution < 1.29 is 17.9 Å².